The molecule has 0 aliphatic carbocycles. The van der Waals surface area contributed by atoms with Crippen LogP contribution < -0.4 is 15.4 Å². The zero-order valence-electron chi connectivity index (χ0n) is 16.8. The van der Waals surface area contributed by atoms with Crippen molar-refractivity contribution in [3.05, 3.63) is 53.7 Å². The maximum atomic E-state index is 12.8. The fourth-order valence-electron chi connectivity index (χ4n) is 2.99. The topological polar surface area (TPSA) is 83.2 Å². The van der Waals surface area contributed by atoms with Gasteiger partial charge in [0.1, 0.15) is 11.4 Å². The van der Waals surface area contributed by atoms with E-state index in [9.17, 15) is 9.59 Å². The van der Waals surface area contributed by atoms with Gasteiger partial charge >= 0.3 is 0 Å². The predicted octanol–water partition coefficient (Wildman–Crippen LogP) is 4.68. The van der Waals surface area contributed by atoms with E-state index in [1.165, 1.54) is 19.6 Å². The third kappa shape index (κ3) is 4.17. The highest BCUT2D eigenvalue weighted by molar-refractivity contribution is 6.07. The molecule has 3 rings (SSSR count). The Morgan fingerprint density at radius 1 is 1.00 bits per heavy atom. The van der Waals surface area contributed by atoms with Gasteiger partial charge in [-0.05, 0) is 41.3 Å². The SMILES string of the molecule is COc1ccc(NC(C)=O)cc1NC(=O)c1cc2ccc(C(C)(C)C)cc2[nH]1. The van der Waals surface area contributed by atoms with E-state index in [-0.39, 0.29) is 17.2 Å². The van der Waals surface area contributed by atoms with Crippen molar-refractivity contribution in [3.8, 4) is 5.75 Å². The first kappa shape index (κ1) is 19.5. The largest absolute Gasteiger partial charge is 0.495 e. The molecule has 0 saturated carbocycles. The summed E-state index contributed by atoms with van der Waals surface area (Å²) in [6.45, 7) is 7.88. The number of amides is 2. The van der Waals surface area contributed by atoms with E-state index in [1.54, 1.807) is 18.2 Å². The molecule has 1 aromatic heterocycles. The number of nitrogens with one attached hydrogen (secondary N) is 3. The highest BCUT2D eigenvalue weighted by Gasteiger charge is 2.17. The molecule has 0 unspecified atom stereocenters. The number of methoxy groups -OCH3 is 1. The Kier molecular flexibility index (Phi) is 5.14. The molecule has 0 aliphatic rings. The number of anilines is 2. The van der Waals surface area contributed by atoms with E-state index >= 15 is 0 Å². The molecule has 146 valence electrons. The Balaban J connectivity index is 1.89. The molecule has 1 heterocycles. The number of carbonyl (C=O) groups excluding carboxylic acids is 2. The lowest BCUT2D eigenvalue weighted by Gasteiger charge is -2.18. The first-order valence-electron chi connectivity index (χ1n) is 9.07. The van der Waals surface area contributed by atoms with Crippen LogP contribution in [0.5, 0.6) is 5.75 Å². The Morgan fingerprint density at radius 2 is 1.75 bits per heavy atom. The van der Waals surface area contributed by atoms with Crippen LogP contribution in [0.15, 0.2) is 42.5 Å². The molecule has 0 bridgehead atoms. The van der Waals surface area contributed by atoms with Gasteiger partial charge in [-0.25, -0.2) is 0 Å². The number of aromatic amines is 1. The molecule has 6 nitrogen and oxygen atoms in total. The van der Waals surface area contributed by atoms with Gasteiger partial charge in [-0.1, -0.05) is 32.9 Å². The van der Waals surface area contributed by atoms with Crippen LogP contribution in [0.3, 0.4) is 0 Å². The van der Waals surface area contributed by atoms with Gasteiger partial charge in [0, 0.05) is 23.5 Å². The summed E-state index contributed by atoms with van der Waals surface area (Å²) >= 11 is 0. The van der Waals surface area contributed by atoms with Crippen molar-refractivity contribution < 1.29 is 14.3 Å². The molecule has 3 N–H and O–H groups in total. The van der Waals surface area contributed by atoms with E-state index in [0.29, 0.717) is 22.8 Å². The zero-order chi connectivity index (χ0) is 20.5. The molecular weight excluding hydrogens is 354 g/mol. The van der Waals surface area contributed by atoms with Crippen LogP contribution in [-0.4, -0.2) is 23.9 Å². The minimum Gasteiger partial charge on any atom is -0.495 e. The highest BCUT2D eigenvalue weighted by Crippen LogP contribution is 2.29. The summed E-state index contributed by atoms with van der Waals surface area (Å²) in [4.78, 5) is 27.3. The number of ether oxygens (including phenoxy) is 1. The van der Waals surface area contributed by atoms with Crippen LogP contribution in [0.1, 0.15) is 43.7 Å². The Morgan fingerprint density at radius 3 is 2.39 bits per heavy atom. The third-order valence-corrected chi connectivity index (χ3v) is 4.50. The second-order valence-corrected chi connectivity index (χ2v) is 7.79. The van der Waals surface area contributed by atoms with Gasteiger partial charge in [0.05, 0.1) is 12.8 Å². The van der Waals surface area contributed by atoms with Crippen molar-refractivity contribution in [1.82, 2.24) is 4.98 Å². The van der Waals surface area contributed by atoms with Crippen molar-refractivity contribution in [2.75, 3.05) is 17.7 Å². The van der Waals surface area contributed by atoms with Gasteiger partial charge in [0.25, 0.3) is 5.91 Å². The number of benzene rings is 2. The molecule has 0 atom stereocenters. The first-order chi connectivity index (χ1) is 13.2. The number of rotatable bonds is 4. The fourth-order valence-corrected chi connectivity index (χ4v) is 2.99. The fraction of sp³-hybridized carbons (Fsp3) is 0.273. The van der Waals surface area contributed by atoms with Crippen LogP contribution in [0.25, 0.3) is 10.9 Å². The average molecular weight is 379 g/mol. The number of hydrogen-bond acceptors (Lipinski definition) is 3. The normalized spacial score (nSPS) is 11.3. The quantitative estimate of drug-likeness (QED) is 0.615. The average Bonchev–Trinajstić information content (AvgIpc) is 3.04. The molecule has 2 amide bonds. The molecule has 0 radical (unpaired) electrons. The Bertz CT molecular complexity index is 1040. The molecule has 0 aliphatic heterocycles. The van der Waals surface area contributed by atoms with Gasteiger partial charge in [0.2, 0.25) is 5.91 Å². The summed E-state index contributed by atoms with van der Waals surface area (Å²) in [5, 5.41) is 6.52. The maximum absolute atomic E-state index is 12.8. The maximum Gasteiger partial charge on any atom is 0.272 e. The second-order valence-electron chi connectivity index (χ2n) is 7.79. The van der Waals surface area contributed by atoms with Gasteiger partial charge < -0.3 is 20.4 Å². The standard InChI is InChI=1S/C22H25N3O3/c1-13(26)23-16-8-9-20(28-5)18(12-16)25-21(27)19-10-14-6-7-15(22(2,3)4)11-17(14)24-19/h6-12,24H,1-5H3,(H,23,26)(H,25,27). The van der Waals surface area contributed by atoms with Crippen molar-refractivity contribution >= 4 is 34.1 Å². The smallest absolute Gasteiger partial charge is 0.272 e. The van der Waals surface area contributed by atoms with E-state index in [1.807, 2.05) is 12.1 Å². The van der Waals surface area contributed by atoms with Crippen molar-refractivity contribution in [1.29, 1.82) is 0 Å². The van der Waals surface area contributed by atoms with E-state index in [0.717, 1.165) is 10.9 Å². The lowest BCUT2D eigenvalue weighted by Crippen LogP contribution is -2.14. The van der Waals surface area contributed by atoms with Crippen LogP contribution in [-0.2, 0) is 10.2 Å². The van der Waals surface area contributed by atoms with Crippen molar-refractivity contribution in [2.24, 2.45) is 0 Å². The Hall–Kier alpha value is -3.28. The van der Waals surface area contributed by atoms with E-state index in [4.69, 9.17) is 4.74 Å². The molecular formula is C22H25N3O3. The number of aromatic nitrogens is 1. The minimum atomic E-state index is -0.285. The summed E-state index contributed by atoms with van der Waals surface area (Å²) in [5.41, 5.74) is 3.64. The lowest BCUT2D eigenvalue weighted by atomic mass is 9.87. The Labute approximate surface area is 164 Å². The third-order valence-electron chi connectivity index (χ3n) is 4.50. The molecule has 3 aromatic rings. The zero-order valence-corrected chi connectivity index (χ0v) is 16.8. The summed E-state index contributed by atoms with van der Waals surface area (Å²) in [7, 11) is 1.53. The number of carbonyl (C=O) groups is 2. The molecule has 28 heavy (non-hydrogen) atoms. The molecule has 0 saturated heterocycles. The first-order valence-corrected chi connectivity index (χ1v) is 9.07. The lowest BCUT2D eigenvalue weighted by molar-refractivity contribution is -0.114. The summed E-state index contributed by atoms with van der Waals surface area (Å²) in [5.74, 6) is 0.0353. The summed E-state index contributed by atoms with van der Waals surface area (Å²) < 4.78 is 5.32. The molecule has 0 spiro atoms. The predicted molar refractivity (Wildman–Crippen MR) is 112 cm³/mol. The van der Waals surface area contributed by atoms with Gasteiger partial charge in [0.15, 0.2) is 0 Å². The van der Waals surface area contributed by atoms with Crippen LogP contribution in [0, 0.1) is 0 Å². The van der Waals surface area contributed by atoms with E-state index < -0.39 is 0 Å². The second kappa shape index (κ2) is 7.38. The summed E-state index contributed by atoms with van der Waals surface area (Å²) in [6.07, 6.45) is 0. The highest BCUT2D eigenvalue weighted by atomic mass is 16.5. The van der Waals surface area contributed by atoms with E-state index in [2.05, 4.69) is 48.5 Å². The molecule has 0 fully saturated rings. The summed E-state index contributed by atoms with van der Waals surface area (Å²) in [6, 6.07) is 13.1. The molecule has 6 heteroatoms. The van der Waals surface area contributed by atoms with Crippen molar-refractivity contribution in [3.63, 3.8) is 0 Å². The van der Waals surface area contributed by atoms with Gasteiger partial charge in [-0.3, -0.25) is 9.59 Å². The van der Waals surface area contributed by atoms with Gasteiger partial charge in [-0.2, -0.15) is 0 Å². The number of hydrogen-bond donors (Lipinski definition) is 3. The van der Waals surface area contributed by atoms with Crippen LogP contribution >= 0.6 is 0 Å². The van der Waals surface area contributed by atoms with Crippen LogP contribution in [0.2, 0.25) is 0 Å². The monoisotopic (exact) mass is 379 g/mol. The van der Waals surface area contributed by atoms with Crippen LogP contribution in [0.4, 0.5) is 11.4 Å². The minimum absolute atomic E-state index is 0.0270. The van der Waals surface area contributed by atoms with Gasteiger partial charge in [-0.15, -0.1) is 0 Å². The van der Waals surface area contributed by atoms with Crippen molar-refractivity contribution in [2.45, 2.75) is 33.1 Å². The molecule has 2 aromatic carbocycles. The number of H-pyrrole nitrogens is 1. The number of fused-ring (bicyclic) bond motifs is 1.